The molecule has 0 saturated heterocycles. The molecule has 0 heterocycles. The molecule has 0 aliphatic carbocycles. The van der Waals surface area contributed by atoms with Crippen molar-refractivity contribution in [3.05, 3.63) is 0 Å². The first-order valence-electron chi connectivity index (χ1n) is 12.0. The van der Waals surface area contributed by atoms with Gasteiger partial charge in [-0.05, 0) is 30.1 Å². The fourth-order valence-electron chi connectivity index (χ4n) is 4.69. The van der Waals surface area contributed by atoms with Gasteiger partial charge in [-0.15, -0.1) is 0 Å². The smallest absolute Gasteiger partial charge is 0.0349 e. The van der Waals surface area contributed by atoms with Crippen molar-refractivity contribution in [1.82, 2.24) is 0 Å². The molecule has 0 aliphatic rings. The van der Waals surface area contributed by atoms with Crippen molar-refractivity contribution in [3.8, 4) is 0 Å². The summed E-state index contributed by atoms with van der Waals surface area (Å²) in [7, 11) is 0. The fraction of sp³-hybridized carbons (Fsp3) is 1.00. The van der Waals surface area contributed by atoms with Crippen LogP contribution in [-0.4, -0.2) is 0 Å². The van der Waals surface area contributed by atoms with Gasteiger partial charge in [0.05, 0.1) is 0 Å². The van der Waals surface area contributed by atoms with E-state index in [2.05, 4.69) is 41.5 Å². The predicted molar refractivity (Wildman–Crippen MR) is 117 cm³/mol. The standard InChI is InChI=1S/C25H52/c1-7-11-15-19-23(17-13-9-3)21-25(5,6)22-24(18-14-10-4)20-16-12-8-2/h23-24H,7-22H2,1-6H3. The highest BCUT2D eigenvalue weighted by Gasteiger charge is 2.26. The lowest BCUT2D eigenvalue weighted by atomic mass is 9.72. The second kappa shape index (κ2) is 16.2. The minimum Gasteiger partial charge on any atom is -0.0654 e. The second-order valence-corrected chi connectivity index (χ2v) is 9.58. The van der Waals surface area contributed by atoms with Crippen LogP contribution in [0.25, 0.3) is 0 Å². The molecular weight excluding hydrogens is 300 g/mol. The maximum atomic E-state index is 2.57. The highest BCUT2D eigenvalue weighted by molar-refractivity contribution is 4.78. The van der Waals surface area contributed by atoms with Crippen LogP contribution in [0.15, 0.2) is 0 Å². The Hall–Kier alpha value is 0. The largest absolute Gasteiger partial charge is 0.0654 e. The van der Waals surface area contributed by atoms with Crippen molar-refractivity contribution < 1.29 is 0 Å². The summed E-state index contributed by atoms with van der Waals surface area (Å²) in [5.41, 5.74) is 0.537. The van der Waals surface area contributed by atoms with Crippen LogP contribution in [0.2, 0.25) is 0 Å². The molecule has 0 fully saturated rings. The highest BCUT2D eigenvalue weighted by Crippen LogP contribution is 2.39. The molecule has 0 nitrogen and oxygen atoms in total. The zero-order valence-corrected chi connectivity index (χ0v) is 19.0. The quantitative estimate of drug-likeness (QED) is 0.215. The molecule has 0 amide bonds. The molecule has 0 N–H and O–H groups in total. The Bertz CT molecular complexity index is 239. The molecule has 0 aliphatic heterocycles. The summed E-state index contributed by atoms with van der Waals surface area (Å²) >= 11 is 0. The molecule has 0 aromatic carbocycles. The first-order chi connectivity index (χ1) is 12.0. The first-order valence-corrected chi connectivity index (χ1v) is 12.0. The van der Waals surface area contributed by atoms with Crippen LogP contribution in [0.4, 0.5) is 0 Å². The van der Waals surface area contributed by atoms with Gasteiger partial charge < -0.3 is 0 Å². The van der Waals surface area contributed by atoms with E-state index in [1.165, 1.54) is 103 Å². The van der Waals surface area contributed by atoms with E-state index in [9.17, 15) is 0 Å². The number of rotatable bonds is 18. The van der Waals surface area contributed by atoms with Gasteiger partial charge in [0.25, 0.3) is 0 Å². The molecule has 0 aromatic heterocycles. The molecule has 2 atom stereocenters. The van der Waals surface area contributed by atoms with Gasteiger partial charge in [-0.1, -0.05) is 131 Å². The lowest BCUT2D eigenvalue weighted by Crippen LogP contribution is -2.21. The third kappa shape index (κ3) is 14.8. The summed E-state index contributed by atoms with van der Waals surface area (Å²) in [5.74, 6) is 1.95. The Balaban J connectivity index is 4.57. The van der Waals surface area contributed by atoms with E-state index in [1.54, 1.807) is 0 Å². The van der Waals surface area contributed by atoms with Crippen LogP contribution in [-0.2, 0) is 0 Å². The van der Waals surface area contributed by atoms with Crippen molar-refractivity contribution in [1.29, 1.82) is 0 Å². The van der Waals surface area contributed by atoms with Crippen LogP contribution in [0.1, 0.15) is 144 Å². The maximum Gasteiger partial charge on any atom is -0.0349 e. The zero-order valence-electron chi connectivity index (χ0n) is 19.0. The van der Waals surface area contributed by atoms with Gasteiger partial charge in [0.2, 0.25) is 0 Å². The monoisotopic (exact) mass is 352 g/mol. The summed E-state index contributed by atoms with van der Waals surface area (Å²) in [4.78, 5) is 0. The van der Waals surface area contributed by atoms with Crippen molar-refractivity contribution in [2.75, 3.05) is 0 Å². The van der Waals surface area contributed by atoms with Crippen LogP contribution in [0, 0.1) is 17.3 Å². The molecule has 0 spiro atoms. The van der Waals surface area contributed by atoms with Gasteiger partial charge in [0, 0.05) is 0 Å². The summed E-state index contributed by atoms with van der Waals surface area (Å²) in [6.45, 7) is 14.5. The summed E-state index contributed by atoms with van der Waals surface area (Å²) < 4.78 is 0. The summed E-state index contributed by atoms with van der Waals surface area (Å²) in [6, 6.07) is 0. The SMILES string of the molecule is CCCCCC(CCCC)CC(C)(C)CC(CCCC)CCCCC. The molecule has 2 unspecified atom stereocenters. The lowest BCUT2D eigenvalue weighted by Gasteiger charge is -2.34. The third-order valence-corrected chi connectivity index (χ3v) is 6.05. The minimum absolute atomic E-state index is 0.537. The fourth-order valence-corrected chi connectivity index (χ4v) is 4.69. The zero-order chi connectivity index (χ0) is 19.0. The van der Waals surface area contributed by atoms with Crippen molar-refractivity contribution in [2.45, 2.75) is 144 Å². The van der Waals surface area contributed by atoms with Crippen LogP contribution < -0.4 is 0 Å². The van der Waals surface area contributed by atoms with Crippen LogP contribution in [0.3, 0.4) is 0 Å². The van der Waals surface area contributed by atoms with Crippen molar-refractivity contribution in [3.63, 3.8) is 0 Å². The second-order valence-electron chi connectivity index (χ2n) is 9.58. The number of hydrogen-bond acceptors (Lipinski definition) is 0. The Kier molecular flexibility index (Phi) is 16.2. The van der Waals surface area contributed by atoms with Gasteiger partial charge in [-0.25, -0.2) is 0 Å². The van der Waals surface area contributed by atoms with E-state index < -0.39 is 0 Å². The Morgan fingerprint density at radius 3 is 1.12 bits per heavy atom. The molecule has 25 heavy (non-hydrogen) atoms. The average molecular weight is 353 g/mol. The molecule has 0 bridgehead atoms. The first kappa shape index (κ1) is 25.0. The van der Waals surface area contributed by atoms with E-state index in [4.69, 9.17) is 0 Å². The average Bonchev–Trinajstić information content (AvgIpc) is 2.57. The predicted octanol–water partition coefficient (Wildman–Crippen LogP) is 9.57. The maximum absolute atomic E-state index is 2.57. The molecular formula is C25H52. The molecule has 0 rings (SSSR count). The van der Waals surface area contributed by atoms with Gasteiger partial charge in [0.15, 0.2) is 0 Å². The van der Waals surface area contributed by atoms with E-state index in [0.717, 1.165) is 11.8 Å². The van der Waals surface area contributed by atoms with Gasteiger partial charge >= 0.3 is 0 Å². The summed E-state index contributed by atoms with van der Waals surface area (Å²) in [6.07, 6.45) is 22.9. The van der Waals surface area contributed by atoms with Crippen molar-refractivity contribution >= 4 is 0 Å². The molecule has 0 aromatic rings. The molecule has 0 heteroatoms. The van der Waals surface area contributed by atoms with E-state index in [0.29, 0.717) is 5.41 Å². The van der Waals surface area contributed by atoms with Crippen LogP contribution >= 0.6 is 0 Å². The highest BCUT2D eigenvalue weighted by atomic mass is 14.3. The normalized spacial score (nSPS) is 14.6. The Labute approximate surface area is 161 Å². The van der Waals surface area contributed by atoms with E-state index in [1.807, 2.05) is 0 Å². The van der Waals surface area contributed by atoms with Gasteiger partial charge in [-0.2, -0.15) is 0 Å². The summed E-state index contributed by atoms with van der Waals surface area (Å²) in [5, 5.41) is 0. The molecule has 0 radical (unpaired) electrons. The molecule has 152 valence electrons. The number of hydrogen-bond donors (Lipinski definition) is 0. The van der Waals surface area contributed by atoms with Gasteiger partial charge in [0.1, 0.15) is 0 Å². The Morgan fingerprint density at radius 2 is 0.800 bits per heavy atom. The topological polar surface area (TPSA) is 0 Å². The van der Waals surface area contributed by atoms with Crippen LogP contribution in [0.5, 0.6) is 0 Å². The number of unbranched alkanes of at least 4 members (excludes halogenated alkanes) is 6. The van der Waals surface area contributed by atoms with Gasteiger partial charge in [-0.3, -0.25) is 0 Å². The molecule has 0 saturated carbocycles. The van der Waals surface area contributed by atoms with E-state index in [-0.39, 0.29) is 0 Å². The minimum atomic E-state index is 0.537. The van der Waals surface area contributed by atoms with Crippen molar-refractivity contribution in [2.24, 2.45) is 17.3 Å². The lowest BCUT2D eigenvalue weighted by molar-refractivity contribution is 0.179. The third-order valence-electron chi connectivity index (χ3n) is 6.05. The Morgan fingerprint density at radius 1 is 0.480 bits per heavy atom. The van der Waals surface area contributed by atoms with E-state index >= 15 is 0 Å².